The van der Waals surface area contributed by atoms with Crippen LogP contribution in [0, 0.1) is 6.92 Å². The molecule has 2 rings (SSSR count). The van der Waals surface area contributed by atoms with Crippen LogP contribution in [0.3, 0.4) is 0 Å². The number of amides is 1. The molecule has 1 fully saturated rings. The van der Waals surface area contributed by atoms with Gasteiger partial charge in [0.2, 0.25) is 5.76 Å². The molecule has 18 heavy (non-hydrogen) atoms. The van der Waals surface area contributed by atoms with Gasteiger partial charge in [-0.05, 0) is 19.8 Å². The number of likely N-dealkylation sites (tertiary alicyclic amines) is 1. The summed E-state index contributed by atoms with van der Waals surface area (Å²) in [5.74, 6) is 0.252. The topological polar surface area (TPSA) is 55.6 Å². The van der Waals surface area contributed by atoms with E-state index < -0.39 is 0 Å². The smallest absolute Gasteiger partial charge is 0.292 e. The van der Waals surface area contributed by atoms with Crippen molar-refractivity contribution < 1.29 is 14.1 Å². The summed E-state index contributed by atoms with van der Waals surface area (Å²) in [7, 11) is 0. The molecule has 1 aromatic rings. The Morgan fingerprint density at radius 2 is 2.33 bits per heavy atom. The van der Waals surface area contributed by atoms with E-state index in [2.05, 4.69) is 21.1 Å². The Morgan fingerprint density at radius 1 is 1.61 bits per heavy atom. The summed E-state index contributed by atoms with van der Waals surface area (Å²) >= 11 is 3.34. The van der Waals surface area contributed by atoms with Gasteiger partial charge in [-0.15, -0.1) is 0 Å². The fourth-order valence-electron chi connectivity index (χ4n) is 2.06. The number of nitrogens with zero attached hydrogens (tertiary/aromatic N) is 2. The van der Waals surface area contributed by atoms with Gasteiger partial charge in [0.05, 0.1) is 18.4 Å². The second kappa shape index (κ2) is 6.33. The molecular formula is C12H17BrN2O3. The third kappa shape index (κ3) is 3.32. The molecule has 0 atom stereocenters. The van der Waals surface area contributed by atoms with Crippen LogP contribution >= 0.6 is 15.9 Å². The summed E-state index contributed by atoms with van der Waals surface area (Å²) in [6, 6.07) is 1.68. The average molecular weight is 317 g/mol. The lowest BCUT2D eigenvalue weighted by atomic mass is 10.1. The van der Waals surface area contributed by atoms with Gasteiger partial charge in [-0.25, -0.2) is 0 Å². The molecule has 100 valence electrons. The van der Waals surface area contributed by atoms with Crippen molar-refractivity contribution in [2.45, 2.75) is 25.9 Å². The highest BCUT2D eigenvalue weighted by Crippen LogP contribution is 2.16. The molecule has 1 amide bonds. The Balaban J connectivity index is 1.84. The van der Waals surface area contributed by atoms with Crippen molar-refractivity contribution in [1.82, 2.24) is 10.1 Å². The van der Waals surface area contributed by atoms with E-state index in [-0.39, 0.29) is 12.0 Å². The van der Waals surface area contributed by atoms with Gasteiger partial charge in [-0.3, -0.25) is 4.79 Å². The number of aromatic nitrogens is 1. The molecule has 0 aromatic carbocycles. The molecule has 0 N–H and O–H groups in total. The van der Waals surface area contributed by atoms with Gasteiger partial charge >= 0.3 is 0 Å². The normalized spacial score (nSPS) is 17.1. The van der Waals surface area contributed by atoms with Crippen molar-refractivity contribution in [3.05, 3.63) is 17.5 Å². The van der Waals surface area contributed by atoms with Crippen molar-refractivity contribution in [2.24, 2.45) is 0 Å². The summed E-state index contributed by atoms with van der Waals surface area (Å²) in [5.41, 5.74) is 0.730. The summed E-state index contributed by atoms with van der Waals surface area (Å²) in [5, 5.41) is 4.59. The highest BCUT2D eigenvalue weighted by atomic mass is 79.9. The molecule has 1 aliphatic rings. The van der Waals surface area contributed by atoms with Gasteiger partial charge in [0.1, 0.15) is 0 Å². The zero-order chi connectivity index (χ0) is 13.0. The van der Waals surface area contributed by atoms with Crippen molar-refractivity contribution in [3.63, 3.8) is 0 Å². The molecule has 0 bridgehead atoms. The molecule has 2 heterocycles. The number of rotatable bonds is 4. The quantitative estimate of drug-likeness (QED) is 0.797. The van der Waals surface area contributed by atoms with E-state index in [0.717, 1.165) is 30.5 Å². The fraction of sp³-hybridized carbons (Fsp3) is 0.667. The summed E-state index contributed by atoms with van der Waals surface area (Å²) in [6.07, 6.45) is 2.03. The highest BCUT2D eigenvalue weighted by molar-refractivity contribution is 9.09. The highest BCUT2D eigenvalue weighted by Gasteiger charge is 2.25. The van der Waals surface area contributed by atoms with Crippen molar-refractivity contribution in [2.75, 3.05) is 25.0 Å². The van der Waals surface area contributed by atoms with Crippen LogP contribution in [0.4, 0.5) is 0 Å². The van der Waals surface area contributed by atoms with Gasteiger partial charge < -0.3 is 14.2 Å². The lowest BCUT2D eigenvalue weighted by molar-refractivity contribution is 0.0147. The number of alkyl halides is 1. The number of piperidine rings is 1. The molecule has 1 aromatic heterocycles. The largest absolute Gasteiger partial charge is 0.377 e. The fourth-order valence-corrected chi connectivity index (χ4v) is 2.24. The molecule has 0 aliphatic carbocycles. The predicted octanol–water partition coefficient (Wildman–Crippen LogP) is 2.00. The van der Waals surface area contributed by atoms with Crippen LogP contribution in [0.25, 0.3) is 0 Å². The van der Waals surface area contributed by atoms with Crippen LogP contribution in [0.5, 0.6) is 0 Å². The zero-order valence-corrected chi connectivity index (χ0v) is 12.0. The van der Waals surface area contributed by atoms with Gasteiger partial charge in [0, 0.05) is 24.5 Å². The lowest BCUT2D eigenvalue weighted by Crippen LogP contribution is -2.40. The Bertz CT molecular complexity index is 400. The second-order valence-electron chi connectivity index (χ2n) is 4.38. The number of carbonyl (C=O) groups excluding carboxylic acids is 1. The maximum Gasteiger partial charge on any atom is 0.292 e. The van der Waals surface area contributed by atoms with Gasteiger partial charge in [0.25, 0.3) is 5.91 Å². The molecule has 0 saturated carbocycles. The minimum absolute atomic E-state index is 0.0745. The van der Waals surface area contributed by atoms with Crippen LogP contribution in [0.15, 0.2) is 10.6 Å². The van der Waals surface area contributed by atoms with E-state index in [0.29, 0.717) is 18.8 Å². The summed E-state index contributed by atoms with van der Waals surface area (Å²) in [6.45, 7) is 3.96. The monoisotopic (exact) mass is 316 g/mol. The van der Waals surface area contributed by atoms with Gasteiger partial charge in [0.15, 0.2) is 0 Å². The predicted molar refractivity (Wildman–Crippen MR) is 69.9 cm³/mol. The van der Waals surface area contributed by atoms with E-state index in [1.165, 1.54) is 0 Å². The number of carbonyl (C=O) groups is 1. The average Bonchev–Trinajstić information content (AvgIpc) is 2.83. The molecule has 1 saturated heterocycles. The Morgan fingerprint density at radius 3 is 2.89 bits per heavy atom. The minimum atomic E-state index is -0.0745. The molecule has 0 spiro atoms. The third-order valence-electron chi connectivity index (χ3n) is 3.00. The first-order chi connectivity index (χ1) is 8.70. The molecule has 6 heteroatoms. The molecule has 5 nitrogen and oxygen atoms in total. The maximum atomic E-state index is 12.1. The molecule has 1 aliphatic heterocycles. The van der Waals surface area contributed by atoms with E-state index in [9.17, 15) is 4.79 Å². The first kappa shape index (κ1) is 13.5. The number of aryl methyl sites for hydroxylation is 1. The number of ether oxygens (including phenoxy) is 1. The molecular weight excluding hydrogens is 300 g/mol. The van der Waals surface area contributed by atoms with Crippen molar-refractivity contribution >= 4 is 21.8 Å². The zero-order valence-electron chi connectivity index (χ0n) is 10.4. The summed E-state index contributed by atoms with van der Waals surface area (Å²) in [4.78, 5) is 13.9. The second-order valence-corrected chi connectivity index (χ2v) is 5.18. The van der Waals surface area contributed by atoms with Crippen molar-refractivity contribution in [1.29, 1.82) is 0 Å². The van der Waals surface area contributed by atoms with Crippen molar-refractivity contribution in [3.8, 4) is 0 Å². The van der Waals surface area contributed by atoms with Gasteiger partial charge in [-0.1, -0.05) is 21.1 Å². The van der Waals surface area contributed by atoms with E-state index >= 15 is 0 Å². The van der Waals surface area contributed by atoms with Gasteiger partial charge in [-0.2, -0.15) is 0 Å². The summed E-state index contributed by atoms with van der Waals surface area (Å²) < 4.78 is 10.6. The maximum absolute atomic E-state index is 12.1. The Labute approximate surface area is 115 Å². The van der Waals surface area contributed by atoms with E-state index in [1.54, 1.807) is 17.9 Å². The lowest BCUT2D eigenvalue weighted by Gasteiger charge is -2.31. The Kier molecular flexibility index (Phi) is 4.77. The minimum Gasteiger partial charge on any atom is -0.377 e. The first-order valence-electron chi connectivity index (χ1n) is 6.11. The molecule has 0 radical (unpaired) electrons. The van der Waals surface area contributed by atoms with Crippen LogP contribution in [0.1, 0.15) is 29.1 Å². The number of hydrogen-bond acceptors (Lipinski definition) is 4. The van der Waals surface area contributed by atoms with E-state index in [4.69, 9.17) is 9.26 Å². The van der Waals surface area contributed by atoms with Crippen LogP contribution in [-0.4, -0.2) is 47.1 Å². The first-order valence-corrected chi connectivity index (χ1v) is 7.23. The standard InChI is InChI=1S/C12H17BrN2O3/c1-9-8-11(18-14-9)12(16)15-5-2-10(3-6-15)17-7-4-13/h8,10H,2-7H2,1H3. The SMILES string of the molecule is Cc1cc(C(=O)N2CCC(OCCBr)CC2)on1. The number of halogens is 1. The third-order valence-corrected chi connectivity index (χ3v) is 3.32. The number of hydrogen-bond donors (Lipinski definition) is 0. The molecule has 0 unspecified atom stereocenters. The van der Waals surface area contributed by atoms with E-state index in [1.807, 2.05) is 0 Å². The van der Waals surface area contributed by atoms with Crippen LogP contribution in [0.2, 0.25) is 0 Å². The van der Waals surface area contributed by atoms with Crippen LogP contribution < -0.4 is 0 Å². The van der Waals surface area contributed by atoms with Crippen LogP contribution in [-0.2, 0) is 4.74 Å². The Hall–Kier alpha value is -0.880.